The Hall–Kier alpha value is -9.63. The van der Waals surface area contributed by atoms with Gasteiger partial charge in [-0.2, -0.15) is 0 Å². The average Bonchev–Trinajstić information content (AvgIpc) is 3.72. The maximum Gasteiger partial charge on any atom is 0.206 e. The number of ether oxygens (including phenoxy) is 2. The van der Waals surface area contributed by atoms with Crippen LogP contribution < -0.4 is 9.47 Å². The number of aliphatic hydroxyl groups excluding tert-OH is 2. The number of sulfone groups is 1. The van der Waals surface area contributed by atoms with Crippen LogP contribution in [0.5, 0.6) is 11.5 Å². The summed E-state index contributed by atoms with van der Waals surface area (Å²) in [6, 6.07) is 88.7. The van der Waals surface area contributed by atoms with Crippen LogP contribution in [0.4, 0.5) is 0 Å². The van der Waals surface area contributed by atoms with Crippen LogP contribution >= 0.6 is 0 Å². The lowest BCUT2D eigenvalue weighted by atomic mass is 9.88. The predicted octanol–water partition coefficient (Wildman–Crippen LogP) is 17.5. The van der Waals surface area contributed by atoms with Crippen molar-refractivity contribution < 1.29 is 28.1 Å². The van der Waals surface area contributed by atoms with E-state index in [2.05, 4.69) is 103 Å². The van der Waals surface area contributed by atoms with E-state index in [0.29, 0.717) is 33.8 Å². The molecule has 0 aliphatic heterocycles. The van der Waals surface area contributed by atoms with E-state index in [1.54, 1.807) is 24.3 Å². The lowest BCUT2D eigenvalue weighted by molar-refractivity contribution is 0.202. The second-order valence-corrected chi connectivity index (χ2v) is 22.0. The highest BCUT2D eigenvalue weighted by atomic mass is 32.2. The highest BCUT2D eigenvalue weighted by molar-refractivity contribution is 7.91. The van der Waals surface area contributed by atoms with Crippen molar-refractivity contribution in [2.75, 3.05) is 26.4 Å². The van der Waals surface area contributed by atoms with Crippen LogP contribution in [0.15, 0.2) is 277 Å². The van der Waals surface area contributed by atoms with Gasteiger partial charge >= 0.3 is 0 Å². The van der Waals surface area contributed by atoms with Gasteiger partial charge in [-0.05, 0) is 123 Å². The Morgan fingerprint density at radius 3 is 0.889 bits per heavy atom. The first kappa shape index (κ1) is 50.8. The first-order chi connectivity index (χ1) is 39.9. The fraction of sp³-hybridized carbons (Fsp3) is 0.0541. The minimum absolute atomic E-state index is 0.0348. The molecule has 0 aliphatic rings. The van der Waals surface area contributed by atoms with E-state index in [4.69, 9.17) is 9.47 Å². The summed E-state index contributed by atoms with van der Waals surface area (Å²) in [4.78, 5) is 0.0851. The van der Waals surface area contributed by atoms with Crippen molar-refractivity contribution in [2.45, 2.75) is 9.79 Å². The van der Waals surface area contributed by atoms with Gasteiger partial charge in [0.1, 0.15) is 24.7 Å². The molecule has 0 atom stereocenters. The van der Waals surface area contributed by atoms with Crippen molar-refractivity contribution >= 4 is 52.9 Å². The Kier molecular flexibility index (Phi) is 13.7. The molecule has 13 rings (SSSR count). The van der Waals surface area contributed by atoms with Crippen molar-refractivity contribution in [2.24, 2.45) is 0 Å². The molecule has 392 valence electrons. The fourth-order valence-electron chi connectivity index (χ4n) is 11.7. The van der Waals surface area contributed by atoms with E-state index in [1.807, 2.05) is 140 Å². The zero-order chi connectivity index (χ0) is 54.9. The van der Waals surface area contributed by atoms with Crippen LogP contribution in [-0.2, 0) is 9.84 Å². The van der Waals surface area contributed by atoms with Gasteiger partial charge in [0.05, 0.1) is 23.0 Å². The van der Waals surface area contributed by atoms with E-state index in [9.17, 15) is 10.2 Å². The zero-order valence-electron chi connectivity index (χ0n) is 44.2. The summed E-state index contributed by atoms with van der Waals surface area (Å²) in [5.41, 5.74) is 11.5. The summed E-state index contributed by atoms with van der Waals surface area (Å²) in [6.07, 6.45) is 0. The van der Waals surface area contributed by atoms with Gasteiger partial charge in [-0.25, -0.2) is 8.42 Å². The molecule has 0 heterocycles. The van der Waals surface area contributed by atoms with Crippen molar-refractivity contribution in [3.8, 4) is 89.4 Å². The minimum Gasteiger partial charge on any atom is -0.490 e. The molecular formula is C74H54O6S. The van der Waals surface area contributed by atoms with Crippen LogP contribution in [0.25, 0.3) is 121 Å². The highest BCUT2D eigenvalue weighted by Crippen LogP contribution is 2.51. The average molecular weight is 1070 g/mol. The van der Waals surface area contributed by atoms with Gasteiger partial charge in [0.2, 0.25) is 9.84 Å². The third kappa shape index (κ3) is 9.37. The van der Waals surface area contributed by atoms with Gasteiger partial charge in [-0.3, -0.25) is 0 Å². The van der Waals surface area contributed by atoms with Gasteiger partial charge < -0.3 is 19.7 Å². The molecule has 2 N–H and O–H groups in total. The molecule has 0 aromatic heterocycles. The van der Waals surface area contributed by atoms with Crippen LogP contribution in [0.3, 0.4) is 0 Å². The Bertz CT molecular complexity index is 4470. The molecule has 0 radical (unpaired) electrons. The number of aliphatic hydroxyl groups is 2. The summed E-state index contributed by atoms with van der Waals surface area (Å²) >= 11 is 0. The Labute approximate surface area is 471 Å². The Morgan fingerprint density at radius 1 is 0.272 bits per heavy atom. The molecule has 6 nitrogen and oxygen atoms in total. The molecule has 0 saturated carbocycles. The molecule has 0 amide bonds. The third-order valence-corrected chi connectivity index (χ3v) is 17.1. The molecule has 0 spiro atoms. The van der Waals surface area contributed by atoms with Crippen molar-refractivity contribution in [3.05, 3.63) is 267 Å². The molecule has 7 heteroatoms. The van der Waals surface area contributed by atoms with Gasteiger partial charge in [0.25, 0.3) is 0 Å². The lowest BCUT2D eigenvalue weighted by Crippen LogP contribution is -2.09. The lowest BCUT2D eigenvalue weighted by Gasteiger charge is -2.23. The van der Waals surface area contributed by atoms with Crippen LogP contribution in [0, 0.1) is 0 Å². The van der Waals surface area contributed by atoms with Crippen LogP contribution in [-0.4, -0.2) is 45.1 Å². The zero-order valence-corrected chi connectivity index (χ0v) is 45.0. The summed E-state index contributed by atoms with van der Waals surface area (Å²) in [5, 5.41) is 28.5. The topological polar surface area (TPSA) is 93.1 Å². The highest BCUT2D eigenvalue weighted by Gasteiger charge is 2.30. The molecular weight excluding hydrogens is 1020 g/mol. The summed E-state index contributed by atoms with van der Waals surface area (Å²) in [5.74, 6) is 0.883. The van der Waals surface area contributed by atoms with E-state index in [0.717, 1.165) is 98.7 Å². The van der Waals surface area contributed by atoms with Crippen LogP contribution in [0.2, 0.25) is 0 Å². The molecule has 0 unspecified atom stereocenters. The van der Waals surface area contributed by atoms with Gasteiger partial charge in [-0.1, -0.05) is 243 Å². The quantitative estimate of drug-likeness (QED) is 0.106. The third-order valence-electron chi connectivity index (χ3n) is 15.4. The Morgan fingerprint density at radius 2 is 0.543 bits per heavy atom. The second-order valence-electron chi connectivity index (χ2n) is 20.1. The Balaban J connectivity index is 1.12. The number of hydrogen-bond acceptors (Lipinski definition) is 6. The number of benzene rings is 13. The van der Waals surface area contributed by atoms with Crippen molar-refractivity contribution in [3.63, 3.8) is 0 Å². The number of rotatable bonds is 15. The second kappa shape index (κ2) is 21.9. The largest absolute Gasteiger partial charge is 0.490 e. The number of fused-ring (bicyclic) bond motifs is 4. The van der Waals surface area contributed by atoms with E-state index in [1.165, 1.54) is 0 Å². The predicted molar refractivity (Wildman–Crippen MR) is 332 cm³/mol. The SMILES string of the molecule is O=S(=O)(c1cc(-c2cccc3ccccc23)c(OCCO)c(-c2ccc(-c3ccccc3)c3ccccc23)c1)c1cc(-c2ccc(-c3ccccc3)c3ccccc23)c(OCCO)c(-c2ccc(-c3ccccc3)c3ccccc23)c1. The summed E-state index contributed by atoms with van der Waals surface area (Å²) < 4.78 is 46.7. The van der Waals surface area contributed by atoms with E-state index < -0.39 is 9.84 Å². The maximum atomic E-state index is 16.6. The smallest absolute Gasteiger partial charge is 0.206 e. The van der Waals surface area contributed by atoms with Crippen LogP contribution in [0.1, 0.15) is 0 Å². The molecule has 13 aromatic rings. The molecule has 0 fully saturated rings. The van der Waals surface area contributed by atoms with Gasteiger partial charge in [0.15, 0.2) is 0 Å². The van der Waals surface area contributed by atoms with E-state index in [-0.39, 0.29) is 36.2 Å². The van der Waals surface area contributed by atoms with Crippen molar-refractivity contribution in [1.29, 1.82) is 0 Å². The van der Waals surface area contributed by atoms with Gasteiger partial charge in [-0.15, -0.1) is 0 Å². The first-order valence-corrected chi connectivity index (χ1v) is 28.7. The minimum atomic E-state index is -4.51. The molecule has 81 heavy (non-hydrogen) atoms. The summed E-state index contributed by atoms with van der Waals surface area (Å²) in [7, 11) is -4.51. The fourth-order valence-corrected chi connectivity index (χ4v) is 13.1. The molecule has 0 saturated heterocycles. The first-order valence-electron chi connectivity index (χ1n) is 27.2. The molecule has 0 aliphatic carbocycles. The standard InChI is InChI=1S/C74H54O6S/c75-41-43-79-73-69(62-34-18-26-52-25-10-11-27-55(52)62)45-53(46-70(73)66-38-35-56(49-19-4-1-5-20-49)59-28-12-15-31-63(59)66)81(77,78)54-47-71(67-39-36-57(50-21-6-2-7-22-50)60-29-13-16-32-64(60)67)74(80-44-42-76)72(48-54)68-40-37-58(51-23-8-3-9-24-51)61-30-14-17-33-65(61)68/h1-40,45-48,75-76H,41-44H2. The molecule has 13 aromatic carbocycles. The maximum absolute atomic E-state index is 16.6. The summed E-state index contributed by atoms with van der Waals surface area (Å²) in [6.45, 7) is -0.616. The van der Waals surface area contributed by atoms with Crippen molar-refractivity contribution in [1.82, 2.24) is 0 Å². The van der Waals surface area contributed by atoms with Gasteiger partial charge in [0, 0.05) is 22.3 Å². The normalized spacial score (nSPS) is 11.6. The monoisotopic (exact) mass is 1070 g/mol. The molecule has 0 bridgehead atoms. The van der Waals surface area contributed by atoms with E-state index >= 15 is 8.42 Å². The number of hydrogen-bond donors (Lipinski definition) is 2.